The van der Waals surface area contributed by atoms with Crippen molar-refractivity contribution >= 4 is 17.7 Å². The third-order valence-electron chi connectivity index (χ3n) is 1.05. The fourth-order valence-electron chi connectivity index (χ4n) is 0.524. The second-order valence-electron chi connectivity index (χ2n) is 3.80. The Labute approximate surface area is 96.9 Å². The summed E-state index contributed by atoms with van der Waals surface area (Å²) in [6.07, 6.45) is 0. The van der Waals surface area contributed by atoms with Crippen molar-refractivity contribution in [2.45, 2.75) is 33.3 Å². The first-order valence-corrected chi connectivity index (χ1v) is 4.43. The summed E-state index contributed by atoms with van der Waals surface area (Å²) in [4.78, 5) is 32.6. The Morgan fingerprint density at radius 2 is 1.88 bits per heavy atom. The van der Waals surface area contributed by atoms with Crippen LogP contribution in [0.4, 0.5) is 0 Å². The molecule has 0 amide bonds. The fraction of sp³-hybridized carbons (Fsp3) is 0.545. The highest BCUT2D eigenvalue weighted by atomic mass is 16.6. The van der Waals surface area contributed by atoms with Crippen LogP contribution < -0.4 is 0 Å². The molecule has 0 aromatic carbocycles. The topological polar surface area (TPSA) is 69.7 Å². The molecule has 0 radical (unpaired) electrons. The van der Waals surface area contributed by atoms with Gasteiger partial charge in [-0.2, -0.15) is 0 Å². The Kier molecular flexibility index (Phi) is 3.94. The molecular formula is C11H14O5. The van der Waals surface area contributed by atoms with Gasteiger partial charge in [0.25, 0.3) is 0 Å². The molecule has 0 unspecified atom stereocenters. The third-order valence-corrected chi connectivity index (χ3v) is 1.05. The van der Waals surface area contributed by atoms with Crippen LogP contribution in [0.3, 0.4) is 0 Å². The van der Waals surface area contributed by atoms with E-state index in [1.165, 1.54) is 0 Å². The van der Waals surface area contributed by atoms with Crippen LogP contribution in [0.2, 0.25) is 0 Å². The summed E-state index contributed by atoms with van der Waals surface area (Å²) >= 11 is 0. The molecule has 0 rings (SSSR count). The lowest BCUT2D eigenvalue weighted by Crippen LogP contribution is -2.22. The first-order valence-electron chi connectivity index (χ1n) is 5.43. The number of hydrogen-bond donors (Lipinski definition) is 0. The Balaban J connectivity index is 4.64. The van der Waals surface area contributed by atoms with Gasteiger partial charge in [0.05, 0.1) is 2.74 Å². The van der Waals surface area contributed by atoms with E-state index in [0.717, 1.165) is 6.92 Å². The highest BCUT2D eigenvalue weighted by Crippen LogP contribution is 2.05. The molecule has 0 N–H and O–H groups in total. The fourth-order valence-corrected chi connectivity index (χ4v) is 0.524. The zero-order valence-corrected chi connectivity index (χ0v) is 9.54. The molecule has 5 heteroatoms. The number of rotatable bonds is 2. The Morgan fingerprint density at radius 1 is 1.31 bits per heavy atom. The SMILES string of the molecule is [2H]C([2H])(C#CC(=O)OC(C)(C)C)OC(=O)C(C)=O. The zero-order chi connectivity index (χ0) is 14.6. The summed E-state index contributed by atoms with van der Waals surface area (Å²) in [5.41, 5.74) is -0.755. The zero-order valence-electron chi connectivity index (χ0n) is 11.5. The van der Waals surface area contributed by atoms with Crippen LogP contribution in [0.25, 0.3) is 0 Å². The van der Waals surface area contributed by atoms with Gasteiger partial charge in [-0.05, 0) is 26.7 Å². The van der Waals surface area contributed by atoms with Crippen LogP contribution in [0.5, 0.6) is 0 Å². The van der Waals surface area contributed by atoms with E-state index in [1.54, 1.807) is 26.7 Å². The lowest BCUT2D eigenvalue weighted by atomic mass is 10.2. The second kappa shape index (κ2) is 5.91. The quantitative estimate of drug-likeness (QED) is 0.297. The maximum absolute atomic E-state index is 11.2. The number of ether oxygens (including phenoxy) is 2. The maximum atomic E-state index is 11.2. The van der Waals surface area contributed by atoms with Gasteiger partial charge in [-0.3, -0.25) is 4.79 Å². The lowest BCUT2D eigenvalue weighted by molar-refractivity contribution is -0.151. The van der Waals surface area contributed by atoms with Crippen molar-refractivity contribution in [1.29, 1.82) is 0 Å². The molecule has 16 heavy (non-hydrogen) atoms. The van der Waals surface area contributed by atoms with E-state index in [4.69, 9.17) is 7.48 Å². The number of carbonyl (C=O) groups excluding carboxylic acids is 3. The van der Waals surface area contributed by atoms with Crippen LogP contribution in [0.15, 0.2) is 0 Å². The van der Waals surface area contributed by atoms with Crippen molar-refractivity contribution in [3.05, 3.63) is 0 Å². The molecule has 0 saturated heterocycles. The van der Waals surface area contributed by atoms with Gasteiger partial charge in [0.2, 0.25) is 5.78 Å². The first kappa shape index (κ1) is 10.7. The van der Waals surface area contributed by atoms with Crippen molar-refractivity contribution in [3.63, 3.8) is 0 Å². The number of esters is 2. The van der Waals surface area contributed by atoms with Crippen molar-refractivity contribution < 1.29 is 26.6 Å². The van der Waals surface area contributed by atoms with E-state index in [2.05, 4.69) is 4.74 Å². The van der Waals surface area contributed by atoms with Crippen LogP contribution in [0, 0.1) is 11.8 Å². The number of ketones is 1. The number of hydrogen-bond acceptors (Lipinski definition) is 5. The highest BCUT2D eigenvalue weighted by Gasteiger charge is 2.14. The molecule has 0 spiro atoms. The van der Waals surface area contributed by atoms with Crippen molar-refractivity contribution in [2.75, 3.05) is 6.56 Å². The van der Waals surface area contributed by atoms with Gasteiger partial charge in [0, 0.05) is 12.8 Å². The van der Waals surface area contributed by atoms with Crippen LogP contribution >= 0.6 is 0 Å². The molecule has 0 atom stereocenters. The maximum Gasteiger partial charge on any atom is 0.384 e. The average molecular weight is 228 g/mol. The first-order chi connectivity index (χ1) is 7.93. The van der Waals surface area contributed by atoms with Crippen LogP contribution in [-0.4, -0.2) is 29.9 Å². The Bertz CT molecular complexity index is 423. The van der Waals surface area contributed by atoms with Gasteiger partial charge in [-0.15, -0.1) is 0 Å². The van der Waals surface area contributed by atoms with Crippen LogP contribution in [-0.2, 0) is 23.9 Å². The monoisotopic (exact) mass is 228 g/mol. The minimum absolute atomic E-state index is 0.755. The molecule has 0 bridgehead atoms. The average Bonchev–Trinajstić information content (AvgIpc) is 2.11. The normalized spacial score (nSPS) is 12.5. The van der Waals surface area contributed by atoms with E-state index >= 15 is 0 Å². The van der Waals surface area contributed by atoms with E-state index in [9.17, 15) is 14.4 Å². The standard InChI is InChI=1S/C11H14O5/c1-8(12)10(14)15-7-5-6-9(13)16-11(2,3)4/h7H2,1-4H3/i7D2. The molecule has 0 saturated carbocycles. The summed E-state index contributed by atoms with van der Waals surface area (Å²) < 4.78 is 23.3. The van der Waals surface area contributed by atoms with Gasteiger partial charge in [0.15, 0.2) is 6.56 Å². The van der Waals surface area contributed by atoms with Gasteiger partial charge >= 0.3 is 11.9 Å². The van der Waals surface area contributed by atoms with Gasteiger partial charge in [-0.1, -0.05) is 0 Å². The predicted octanol–water partition coefficient (Wildman–Crippen LogP) is 0.464. The predicted molar refractivity (Wildman–Crippen MR) is 55.3 cm³/mol. The summed E-state index contributed by atoms with van der Waals surface area (Å²) in [6.45, 7) is 3.07. The molecule has 0 aromatic heterocycles. The highest BCUT2D eigenvalue weighted by molar-refractivity contribution is 6.32. The lowest BCUT2D eigenvalue weighted by Gasteiger charge is -2.16. The Morgan fingerprint density at radius 3 is 2.31 bits per heavy atom. The van der Waals surface area contributed by atoms with Gasteiger partial charge < -0.3 is 9.47 Å². The number of carbonyl (C=O) groups is 3. The molecule has 0 fully saturated rings. The second-order valence-corrected chi connectivity index (χ2v) is 3.80. The molecule has 88 valence electrons. The summed E-state index contributed by atoms with van der Waals surface area (Å²) in [5.74, 6) is 0.354. The molecular weight excluding hydrogens is 212 g/mol. The molecule has 0 aromatic rings. The van der Waals surface area contributed by atoms with Gasteiger partial charge in [0.1, 0.15) is 5.60 Å². The van der Waals surface area contributed by atoms with Gasteiger partial charge in [-0.25, -0.2) is 9.59 Å². The summed E-state index contributed by atoms with van der Waals surface area (Å²) in [5, 5.41) is 0. The van der Waals surface area contributed by atoms with Crippen LogP contribution in [0.1, 0.15) is 30.4 Å². The third kappa shape index (κ3) is 7.56. The van der Waals surface area contributed by atoms with E-state index in [-0.39, 0.29) is 0 Å². The number of Topliss-reactive ketones (excluding diaryl/α,β-unsaturated/α-hetero) is 1. The minimum atomic E-state index is -2.72. The van der Waals surface area contributed by atoms with E-state index < -0.39 is 29.9 Å². The molecule has 0 heterocycles. The molecule has 0 aliphatic rings. The summed E-state index contributed by atoms with van der Waals surface area (Å²) in [6, 6.07) is 0. The molecule has 0 aliphatic carbocycles. The molecule has 0 aliphatic heterocycles. The Hall–Kier alpha value is -1.83. The van der Waals surface area contributed by atoms with Crippen molar-refractivity contribution in [2.24, 2.45) is 0 Å². The van der Waals surface area contributed by atoms with E-state index in [1.807, 2.05) is 5.92 Å². The van der Waals surface area contributed by atoms with Crippen molar-refractivity contribution in [3.8, 4) is 11.8 Å². The van der Waals surface area contributed by atoms with E-state index in [0.29, 0.717) is 0 Å². The molecule has 5 nitrogen and oxygen atoms in total. The summed E-state index contributed by atoms with van der Waals surface area (Å²) in [7, 11) is 0. The largest absolute Gasteiger partial charge is 0.450 e. The minimum Gasteiger partial charge on any atom is -0.450 e. The smallest absolute Gasteiger partial charge is 0.384 e. The van der Waals surface area contributed by atoms with Crippen molar-refractivity contribution in [1.82, 2.24) is 0 Å².